The van der Waals surface area contributed by atoms with Crippen LogP contribution in [-0.4, -0.2) is 19.7 Å². The van der Waals surface area contributed by atoms with E-state index >= 15 is 0 Å². The SMILES string of the molecule is O=c1nnc2cncc3ccccc3n1-2. The van der Waals surface area contributed by atoms with Crippen LogP contribution >= 0.6 is 0 Å². The molecule has 1 aromatic rings. The highest BCUT2D eigenvalue weighted by molar-refractivity contribution is 5.79. The highest BCUT2D eigenvalue weighted by Crippen LogP contribution is 2.13. The third-order valence-electron chi connectivity index (χ3n) is 2.24. The van der Waals surface area contributed by atoms with Crippen molar-refractivity contribution in [3.8, 4) is 5.82 Å². The molecule has 0 bridgehead atoms. The molecule has 0 saturated carbocycles. The van der Waals surface area contributed by atoms with Crippen LogP contribution in [-0.2, 0) is 0 Å². The van der Waals surface area contributed by atoms with Gasteiger partial charge in [-0.25, -0.2) is 9.36 Å². The van der Waals surface area contributed by atoms with Crippen LogP contribution in [0.4, 0.5) is 0 Å². The second-order valence-electron chi connectivity index (χ2n) is 3.14. The summed E-state index contributed by atoms with van der Waals surface area (Å²) in [6, 6.07) is 7.49. The van der Waals surface area contributed by atoms with Crippen molar-refractivity contribution in [1.82, 2.24) is 19.7 Å². The van der Waals surface area contributed by atoms with E-state index in [-0.39, 0.29) is 5.69 Å². The Morgan fingerprint density at radius 3 is 2.87 bits per heavy atom. The van der Waals surface area contributed by atoms with Gasteiger partial charge in [0.05, 0.1) is 11.7 Å². The normalized spacial score (nSPS) is 10.9. The summed E-state index contributed by atoms with van der Waals surface area (Å²) in [4.78, 5) is 15.5. The minimum Gasteiger partial charge on any atom is -0.260 e. The minimum atomic E-state index is -0.376. The van der Waals surface area contributed by atoms with Crippen molar-refractivity contribution in [2.45, 2.75) is 0 Å². The predicted octanol–water partition coefficient (Wildman–Crippen LogP) is 0.613. The fourth-order valence-corrected chi connectivity index (χ4v) is 1.58. The second-order valence-corrected chi connectivity index (χ2v) is 3.14. The molecule has 0 amide bonds. The fourth-order valence-electron chi connectivity index (χ4n) is 1.58. The van der Waals surface area contributed by atoms with E-state index in [1.54, 1.807) is 6.20 Å². The van der Waals surface area contributed by atoms with Gasteiger partial charge in [0, 0.05) is 11.6 Å². The summed E-state index contributed by atoms with van der Waals surface area (Å²) in [7, 11) is 0. The van der Waals surface area contributed by atoms with Crippen LogP contribution in [0.3, 0.4) is 0 Å². The molecule has 5 nitrogen and oxygen atoms in total. The number of hydrogen-bond acceptors (Lipinski definition) is 4. The number of rotatable bonds is 0. The summed E-state index contributed by atoms with van der Waals surface area (Å²) in [6.45, 7) is 0. The molecular weight excluding hydrogens is 192 g/mol. The molecule has 0 aliphatic carbocycles. The zero-order valence-corrected chi connectivity index (χ0v) is 7.66. The van der Waals surface area contributed by atoms with Gasteiger partial charge in [0.1, 0.15) is 0 Å². The van der Waals surface area contributed by atoms with Crippen molar-refractivity contribution in [3.63, 3.8) is 0 Å². The molecule has 1 aromatic carbocycles. The van der Waals surface area contributed by atoms with Gasteiger partial charge in [-0.2, -0.15) is 0 Å². The third-order valence-corrected chi connectivity index (χ3v) is 2.24. The highest BCUT2D eigenvalue weighted by atomic mass is 16.1. The van der Waals surface area contributed by atoms with Crippen molar-refractivity contribution in [1.29, 1.82) is 0 Å². The molecule has 0 radical (unpaired) electrons. The molecule has 0 spiro atoms. The predicted molar refractivity (Wildman–Crippen MR) is 54.1 cm³/mol. The van der Waals surface area contributed by atoms with E-state index in [1.807, 2.05) is 24.3 Å². The van der Waals surface area contributed by atoms with E-state index in [0.717, 1.165) is 10.9 Å². The summed E-state index contributed by atoms with van der Waals surface area (Å²) in [5.74, 6) is 0.459. The maximum absolute atomic E-state index is 11.5. The van der Waals surface area contributed by atoms with Crippen LogP contribution in [0.5, 0.6) is 0 Å². The van der Waals surface area contributed by atoms with Crippen LogP contribution in [0.1, 0.15) is 0 Å². The highest BCUT2D eigenvalue weighted by Gasteiger charge is 2.09. The van der Waals surface area contributed by atoms with Crippen molar-refractivity contribution < 1.29 is 0 Å². The molecule has 0 saturated heterocycles. The first kappa shape index (κ1) is 8.05. The zero-order valence-electron chi connectivity index (χ0n) is 7.66. The Morgan fingerprint density at radius 1 is 1.07 bits per heavy atom. The van der Waals surface area contributed by atoms with Crippen LogP contribution in [0.25, 0.3) is 16.7 Å². The van der Waals surface area contributed by atoms with E-state index in [0.29, 0.717) is 5.82 Å². The van der Waals surface area contributed by atoms with Gasteiger partial charge >= 0.3 is 5.69 Å². The molecule has 0 atom stereocenters. The molecule has 15 heavy (non-hydrogen) atoms. The smallest absolute Gasteiger partial charge is 0.260 e. The van der Waals surface area contributed by atoms with Gasteiger partial charge in [-0.1, -0.05) is 23.3 Å². The number of fused-ring (bicyclic) bond motifs is 3. The lowest BCUT2D eigenvalue weighted by molar-refractivity contribution is 1.03. The van der Waals surface area contributed by atoms with Crippen LogP contribution in [0.15, 0.2) is 41.5 Å². The summed E-state index contributed by atoms with van der Waals surface area (Å²) in [6.07, 6.45) is 3.22. The first-order valence-corrected chi connectivity index (χ1v) is 4.44. The first-order chi connectivity index (χ1) is 7.36. The van der Waals surface area contributed by atoms with Gasteiger partial charge in [-0.05, 0) is 6.07 Å². The number of aromatic nitrogens is 4. The monoisotopic (exact) mass is 198 g/mol. The second kappa shape index (κ2) is 2.84. The summed E-state index contributed by atoms with van der Waals surface area (Å²) < 4.78 is 1.45. The number of para-hydroxylation sites is 1. The number of benzene rings is 1. The number of hydrogen-bond donors (Lipinski definition) is 0. The Kier molecular flexibility index (Phi) is 1.53. The molecule has 0 fully saturated rings. The van der Waals surface area contributed by atoms with E-state index in [9.17, 15) is 4.79 Å². The van der Waals surface area contributed by atoms with Crippen LogP contribution < -0.4 is 5.69 Å². The van der Waals surface area contributed by atoms with Crippen molar-refractivity contribution >= 4 is 10.9 Å². The molecule has 0 N–H and O–H groups in total. The van der Waals surface area contributed by atoms with Gasteiger partial charge in [-0.15, -0.1) is 5.10 Å². The van der Waals surface area contributed by atoms with Crippen LogP contribution in [0, 0.1) is 0 Å². The lowest BCUT2D eigenvalue weighted by atomic mass is 10.2. The van der Waals surface area contributed by atoms with Gasteiger partial charge in [0.2, 0.25) is 0 Å². The number of nitrogens with zero attached hydrogens (tertiary/aromatic N) is 4. The lowest BCUT2D eigenvalue weighted by Crippen LogP contribution is -2.12. The van der Waals surface area contributed by atoms with Crippen molar-refractivity contribution in [2.75, 3.05) is 0 Å². The maximum Gasteiger partial charge on any atom is 0.372 e. The van der Waals surface area contributed by atoms with Gasteiger partial charge < -0.3 is 0 Å². The molecular formula is C10H6N4O. The molecule has 0 aromatic heterocycles. The average Bonchev–Trinajstić information content (AvgIpc) is 2.52. The van der Waals surface area contributed by atoms with Gasteiger partial charge in [-0.3, -0.25) is 4.98 Å². The van der Waals surface area contributed by atoms with E-state index in [4.69, 9.17) is 0 Å². The molecule has 5 heteroatoms. The molecule has 3 rings (SSSR count). The van der Waals surface area contributed by atoms with Crippen LogP contribution in [0.2, 0.25) is 0 Å². The Bertz CT molecular complexity index is 661. The van der Waals surface area contributed by atoms with Gasteiger partial charge in [0.15, 0.2) is 5.82 Å². The standard InChI is InChI=1S/C10H6N4O/c15-10-13-12-9-6-11-5-7-3-1-2-4-8(7)14(9)10/h1-6H. The van der Waals surface area contributed by atoms with E-state index < -0.39 is 0 Å². The molecule has 2 heterocycles. The van der Waals surface area contributed by atoms with Gasteiger partial charge in [0.25, 0.3) is 0 Å². The summed E-state index contributed by atoms with van der Waals surface area (Å²) in [5, 5.41) is 8.12. The Labute approximate surface area is 84.4 Å². The summed E-state index contributed by atoms with van der Waals surface area (Å²) >= 11 is 0. The maximum atomic E-state index is 11.5. The Hall–Kier alpha value is -2.30. The topological polar surface area (TPSA) is 60.7 Å². The van der Waals surface area contributed by atoms with Crippen molar-refractivity contribution in [2.24, 2.45) is 0 Å². The van der Waals surface area contributed by atoms with E-state index in [2.05, 4.69) is 15.2 Å². The molecule has 72 valence electrons. The minimum absolute atomic E-state index is 0.376. The summed E-state index contributed by atoms with van der Waals surface area (Å²) in [5.41, 5.74) is 0.388. The first-order valence-electron chi connectivity index (χ1n) is 4.44. The zero-order chi connectivity index (χ0) is 10.3. The van der Waals surface area contributed by atoms with Crippen molar-refractivity contribution in [3.05, 3.63) is 47.1 Å². The largest absolute Gasteiger partial charge is 0.372 e. The molecule has 2 aliphatic heterocycles. The quantitative estimate of drug-likeness (QED) is 0.531. The Balaban J connectivity index is 2.63. The molecule has 2 aliphatic rings. The Morgan fingerprint density at radius 2 is 1.93 bits per heavy atom. The van der Waals surface area contributed by atoms with E-state index in [1.165, 1.54) is 10.8 Å². The fraction of sp³-hybridized carbons (Fsp3) is 0. The lowest BCUT2D eigenvalue weighted by Gasteiger charge is -1.96. The molecule has 0 unspecified atom stereocenters. The average molecular weight is 198 g/mol. The third kappa shape index (κ3) is 1.10.